The number of hydrogen-bond acceptors (Lipinski definition) is 3. The Bertz CT molecular complexity index is 630. The number of carbonyl (C=O) groups excluding carboxylic acids is 1. The van der Waals surface area contributed by atoms with Crippen LogP contribution in [-0.4, -0.2) is 12.2 Å². The number of urea groups is 1. The molecule has 5 nitrogen and oxygen atoms in total. The lowest BCUT2D eigenvalue weighted by Crippen LogP contribution is -2.24. The molecule has 0 aliphatic carbocycles. The normalized spacial score (nSPS) is 10.4. The number of amides is 2. The predicted octanol–water partition coefficient (Wildman–Crippen LogP) is 3.24. The van der Waals surface area contributed by atoms with Gasteiger partial charge < -0.3 is 10.5 Å². The molecule has 0 unspecified atom stereocenters. The summed E-state index contributed by atoms with van der Waals surface area (Å²) in [5, 5.41) is 3.68. The van der Waals surface area contributed by atoms with Gasteiger partial charge in [-0.1, -0.05) is 18.2 Å². The molecule has 0 saturated heterocycles. The summed E-state index contributed by atoms with van der Waals surface area (Å²) >= 11 is 3.43. The van der Waals surface area contributed by atoms with Gasteiger partial charge in [0.1, 0.15) is 11.5 Å². The summed E-state index contributed by atoms with van der Waals surface area (Å²) in [4.78, 5) is 10.5. The van der Waals surface area contributed by atoms with Gasteiger partial charge >= 0.3 is 6.03 Å². The number of primary amides is 1. The van der Waals surface area contributed by atoms with Crippen molar-refractivity contribution in [2.45, 2.75) is 0 Å². The lowest BCUT2D eigenvalue weighted by atomic mass is 10.2. The molecule has 2 rings (SSSR count). The molecule has 2 aromatic carbocycles. The number of benzene rings is 2. The van der Waals surface area contributed by atoms with Gasteiger partial charge in [0.05, 0.1) is 10.7 Å². The third-order valence-electron chi connectivity index (χ3n) is 2.32. The molecule has 3 N–H and O–H groups in total. The standard InChI is InChI=1S/C14H12BrN3O2/c15-12-8-10(9-17-18-14(16)19)6-7-13(12)20-11-4-2-1-3-5-11/h1-9H,(H3,16,18,19). The van der Waals surface area contributed by atoms with Gasteiger partial charge in [-0.15, -0.1) is 0 Å². The van der Waals surface area contributed by atoms with Crippen LogP contribution in [0.1, 0.15) is 5.56 Å². The minimum Gasteiger partial charge on any atom is -0.456 e. The van der Waals surface area contributed by atoms with Crippen molar-refractivity contribution < 1.29 is 9.53 Å². The molecule has 0 aliphatic heterocycles. The number of hydrazone groups is 1. The van der Waals surface area contributed by atoms with E-state index in [4.69, 9.17) is 10.5 Å². The van der Waals surface area contributed by atoms with Crippen molar-refractivity contribution in [1.82, 2.24) is 5.43 Å². The van der Waals surface area contributed by atoms with Crippen LogP contribution < -0.4 is 15.9 Å². The molecule has 0 heterocycles. The first kappa shape index (κ1) is 14.1. The van der Waals surface area contributed by atoms with Gasteiger partial charge in [-0.3, -0.25) is 0 Å². The monoisotopic (exact) mass is 333 g/mol. The van der Waals surface area contributed by atoms with Crippen LogP contribution in [0.15, 0.2) is 58.1 Å². The van der Waals surface area contributed by atoms with Crippen LogP contribution in [0.5, 0.6) is 11.5 Å². The molecule has 0 saturated carbocycles. The van der Waals surface area contributed by atoms with Crippen molar-refractivity contribution in [3.63, 3.8) is 0 Å². The number of rotatable bonds is 4. The third-order valence-corrected chi connectivity index (χ3v) is 2.94. The van der Waals surface area contributed by atoms with Crippen molar-refractivity contribution in [2.24, 2.45) is 10.8 Å². The fraction of sp³-hybridized carbons (Fsp3) is 0. The summed E-state index contributed by atoms with van der Waals surface area (Å²) in [6.45, 7) is 0. The SMILES string of the molecule is NC(=O)NN=Cc1ccc(Oc2ccccc2)c(Br)c1. The Morgan fingerprint density at radius 2 is 2.00 bits per heavy atom. The molecule has 0 aromatic heterocycles. The van der Waals surface area contributed by atoms with E-state index in [9.17, 15) is 4.79 Å². The van der Waals surface area contributed by atoms with E-state index >= 15 is 0 Å². The van der Waals surface area contributed by atoms with Gasteiger partial charge in [-0.2, -0.15) is 5.10 Å². The molecule has 2 amide bonds. The Hall–Kier alpha value is -2.34. The van der Waals surface area contributed by atoms with E-state index in [-0.39, 0.29) is 0 Å². The summed E-state index contributed by atoms with van der Waals surface area (Å²) in [6, 6.07) is 14.2. The zero-order valence-electron chi connectivity index (χ0n) is 10.4. The fourth-order valence-electron chi connectivity index (χ4n) is 1.47. The van der Waals surface area contributed by atoms with E-state index in [1.165, 1.54) is 6.21 Å². The highest BCUT2D eigenvalue weighted by Gasteiger charge is 2.03. The van der Waals surface area contributed by atoms with Crippen LogP contribution in [0, 0.1) is 0 Å². The highest BCUT2D eigenvalue weighted by atomic mass is 79.9. The van der Waals surface area contributed by atoms with E-state index in [0.717, 1.165) is 15.8 Å². The van der Waals surface area contributed by atoms with Gasteiger partial charge in [-0.05, 0) is 51.8 Å². The van der Waals surface area contributed by atoms with E-state index in [1.807, 2.05) is 48.5 Å². The maximum Gasteiger partial charge on any atom is 0.332 e. The number of carbonyl (C=O) groups is 1. The molecule has 0 fully saturated rings. The summed E-state index contributed by atoms with van der Waals surface area (Å²) in [5.74, 6) is 1.45. The van der Waals surface area contributed by atoms with Gasteiger partial charge in [0, 0.05) is 0 Å². The van der Waals surface area contributed by atoms with Crippen molar-refractivity contribution in [3.8, 4) is 11.5 Å². The Morgan fingerprint density at radius 1 is 1.25 bits per heavy atom. The Morgan fingerprint density at radius 3 is 2.65 bits per heavy atom. The summed E-state index contributed by atoms with van der Waals surface area (Å²) in [6.07, 6.45) is 1.49. The molecule has 6 heteroatoms. The first-order valence-electron chi connectivity index (χ1n) is 5.76. The van der Waals surface area contributed by atoms with E-state index < -0.39 is 6.03 Å². The first-order valence-corrected chi connectivity index (χ1v) is 6.55. The Balaban J connectivity index is 2.10. The average Bonchev–Trinajstić information content (AvgIpc) is 2.42. The average molecular weight is 334 g/mol. The maximum atomic E-state index is 10.5. The van der Waals surface area contributed by atoms with Crippen LogP contribution in [0.3, 0.4) is 0 Å². The number of nitrogens with two attached hydrogens (primary N) is 1. The number of para-hydroxylation sites is 1. The molecule has 0 aliphatic rings. The van der Waals surface area contributed by atoms with Gasteiger partial charge in [0.25, 0.3) is 0 Å². The van der Waals surface area contributed by atoms with Crippen LogP contribution in [0.25, 0.3) is 0 Å². The van der Waals surface area contributed by atoms with Gasteiger partial charge in [-0.25, -0.2) is 10.2 Å². The molecule has 0 atom stereocenters. The number of halogens is 1. The minimum atomic E-state index is -0.704. The highest BCUT2D eigenvalue weighted by molar-refractivity contribution is 9.10. The van der Waals surface area contributed by atoms with Crippen LogP contribution >= 0.6 is 15.9 Å². The topological polar surface area (TPSA) is 76.7 Å². The number of nitrogens with zero attached hydrogens (tertiary/aromatic N) is 1. The van der Waals surface area contributed by atoms with E-state index in [0.29, 0.717) is 5.75 Å². The molecular weight excluding hydrogens is 322 g/mol. The molecule has 20 heavy (non-hydrogen) atoms. The zero-order chi connectivity index (χ0) is 14.4. The van der Waals surface area contributed by atoms with Crippen LogP contribution in [-0.2, 0) is 0 Å². The maximum absolute atomic E-state index is 10.5. The number of hydrogen-bond donors (Lipinski definition) is 2. The molecule has 0 radical (unpaired) electrons. The highest BCUT2D eigenvalue weighted by Crippen LogP contribution is 2.29. The summed E-state index contributed by atoms with van der Waals surface area (Å²) in [5.41, 5.74) is 7.83. The van der Waals surface area contributed by atoms with Crippen molar-refractivity contribution in [2.75, 3.05) is 0 Å². The molecule has 0 spiro atoms. The molecule has 0 bridgehead atoms. The quantitative estimate of drug-likeness (QED) is 0.665. The van der Waals surface area contributed by atoms with E-state index in [1.54, 1.807) is 0 Å². The number of ether oxygens (including phenoxy) is 1. The molecule has 2 aromatic rings. The summed E-state index contributed by atoms with van der Waals surface area (Å²) < 4.78 is 6.51. The Labute approximate surface area is 124 Å². The summed E-state index contributed by atoms with van der Waals surface area (Å²) in [7, 11) is 0. The largest absolute Gasteiger partial charge is 0.456 e. The predicted molar refractivity (Wildman–Crippen MR) is 81.0 cm³/mol. The zero-order valence-corrected chi connectivity index (χ0v) is 12.0. The van der Waals surface area contributed by atoms with Gasteiger partial charge in [0.15, 0.2) is 0 Å². The molecular formula is C14H12BrN3O2. The lowest BCUT2D eigenvalue weighted by Gasteiger charge is -2.08. The Kier molecular flexibility index (Phi) is 4.73. The van der Waals surface area contributed by atoms with Crippen molar-refractivity contribution in [3.05, 3.63) is 58.6 Å². The molecule has 102 valence electrons. The lowest BCUT2D eigenvalue weighted by molar-refractivity contribution is 0.249. The first-order chi connectivity index (χ1) is 9.65. The second kappa shape index (κ2) is 6.72. The van der Waals surface area contributed by atoms with Crippen molar-refractivity contribution >= 4 is 28.2 Å². The van der Waals surface area contributed by atoms with Crippen LogP contribution in [0.4, 0.5) is 4.79 Å². The fourth-order valence-corrected chi connectivity index (χ4v) is 1.94. The van der Waals surface area contributed by atoms with Gasteiger partial charge in [0.2, 0.25) is 0 Å². The van der Waals surface area contributed by atoms with Crippen molar-refractivity contribution in [1.29, 1.82) is 0 Å². The van der Waals surface area contributed by atoms with E-state index in [2.05, 4.69) is 26.5 Å². The van der Waals surface area contributed by atoms with Crippen LogP contribution in [0.2, 0.25) is 0 Å². The second-order valence-electron chi connectivity index (χ2n) is 3.84. The second-order valence-corrected chi connectivity index (χ2v) is 4.69. The third kappa shape index (κ3) is 4.10. The minimum absolute atomic E-state index is 0.691. The smallest absolute Gasteiger partial charge is 0.332 e. The number of nitrogens with one attached hydrogen (secondary N) is 1.